The summed E-state index contributed by atoms with van der Waals surface area (Å²) in [6.07, 6.45) is 4.11. The van der Waals surface area contributed by atoms with E-state index in [1.807, 2.05) is 0 Å². The van der Waals surface area contributed by atoms with Gasteiger partial charge < -0.3 is 15.0 Å². The van der Waals surface area contributed by atoms with Crippen LogP contribution in [0.15, 0.2) is 0 Å². The lowest BCUT2D eigenvalue weighted by molar-refractivity contribution is 0.0181. The molecule has 4 heteroatoms. The summed E-state index contributed by atoms with van der Waals surface area (Å²) >= 11 is 0. The lowest BCUT2D eigenvalue weighted by atomic mass is 9.98. The second kappa shape index (κ2) is 6.33. The molecule has 0 aromatic heterocycles. The topological polar surface area (TPSA) is 27.7 Å². The van der Waals surface area contributed by atoms with Crippen LogP contribution in [0.4, 0.5) is 0 Å². The molecule has 3 aliphatic heterocycles. The van der Waals surface area contributed by atoms with Gasteiger partial charge in [-0.25, -0.2) is 0 Å². The number of rotatable bonds is 3. The third-order valence-corrected chi connectivity index (χ3v) is 4.78. The first kappa shape index (κ1) is 12.9. The number of likely N-dealkylation sites (tertiary alicyclic amines) is 1. The standard InChI is InChI=1S/C14H27N3O/c1-4-15-5-2-13(1)11-16-6-3-14(12-16)17-7-9-18-10-8-17/h13-15H,1-12H2. The molecular formula is C14H27N3O. The normalized spacial score (nSPS) is 33.0. The molecule has 3 saturated heterocycles. The molecule has 3 fully saturated rings. The quantitative estimate of drug-likeness (QED) is 0.787. The van der Waals surface area contributed by atoms with E-state index in [-0.39, 0.29) is 0 Å². The van der Waals surface area contributed by atoms with Gasteiger partial charge in [-0.15, -0.1) is 0 Å². The van der Waals surface area contributed by atoms with E-state index in [1.165, 1.54) is 52.0 Å². The molecule has 1 atom stereocenters. The van der Waals surface area contributed by atoms with Gasteiger partial charge in [0.2, 0.25) is 0 Å². The zero-order valence-electron chi connectivity index (χ0n) is 11.4. The van der Waals surface area contributed by atoms with Crippen LogP contribution in [0.5, 0.6) is 0 Å². The molecule has 104 valence electrons. The van der Waals surface area contributed by atoms with Crippen LogP contribution in [0.3, 0.4) is 0 Å². The van der Waals surface area contributed by atoms with Crippen LogP contribution in [0.1, 0.15) is 19.3 Å². The summed E-state index contributed by atoms with van der Waals surface area (Å²) in [5.74, 6) is 0.940. The van der Waals surface area contributed by atoms with E-state index in [9.17, 15) is 0 Å². The van der Waals surface area contributed by atoms with Gasteiger partial charge in [-0.2, -0.15) is 0 Å². The Bertz CT molecular complexity index is 249. The molecule has 3 rings (SSSR count). The van der Waals surface area contributed by atoms with Crippen LogP contribution in [0.2, 0.25) is 0 Å². The fourth-order valence-corrected chi connectivity index (χ4v) is 3.65. The smallest absolute Gasteiger partial charge is 0.0594 e. The number of nitrogens with one attached hydrogen (secondary N) is 1. The number of nitrogens with zero attached hydrogens (tertiary/aromatic N) is 2. The molecule has 0 spiro atoms. The van der Waals surface area contributed by atoms with Gasteiger partial charge in [0, 0.05) is 32.2 Å². The maximum Gasteiger partial charge on any atom is 0.0594 e. The summed E-state index contributed by atoms with van der Waals surface area (Å²) in [7, 11) is 0. The lowest BCUT2D eigenvalue weighted by Crippen LogP contribution is -2.45. The second-order valence-electron chi connectivity index (χ2n) is 6.04. The predicted octanol–water partition coefficient (Wildman–Crippen LogP) is 0.393. The van der Waals surface area contributed by atoms with E-state index in [1.54, 1.807) is 0 Å². The second-order valence-corrected chi connectivity index (χ2v) is 6.04. The van der Waals surface area contributed by atoms with Gasteiger partial charge in [-0.3, -0.25) is 4.90 Å². The maximum absolute atomic E-state index is 5.45. The van der Waals surface area contributed by atoms with E-state index in [2.05, 4.69) is 15.1 Å². The third-order valence-electron chi connectivity index (χ3n) is 4.78. The minimum atomic E-state index is 0.801. The number of morpholine rings is 1. The van der Waals surface area contributed by atoms with Gasteiger partial charge >= 0.3 is 0 Å². The van der Waals surface area contributed by atoms with Crippen LogP contribution in [-0.4, -0.2) is 74.9 Å². The first-order valence-corrected chi connectivity index (χ1v) is 7.67. The summed E-state index contributed by atoms with van der Waals surface area (Å²) < 4.78 is 5.45. The molecule has 0 aliphatic carbocycles. The van der Waals surface area contributed by atoms with Crippen molar-refractivity contribution in [2.24, 2.45) is 5.92 Å². The van der Waals surface area contributed by atoms with Crippen molar-refractivity contribution >= 4 is 0 Å². The van der Waals surface area contributed by atoms with Crippen LogP contribution >= 0.6 is 0 Å². The van der Waals surface area contributed by atoms with E-state index in [0.29, 0.717) is 0 Å². The first-order chi connectivity index (χ1) is 8.92. The van der Waals surface area contributed by atoms with E-state index < -0.39 is 0 Å². The zero-order valence-corrected chi connectivity index (χ0v) is 11.4. The Morgan fingerprint density at radius 3 is 2.56 bits per heavy atom. The van der Waals surface area contributed by atoms with Crippen molar-refractivity contribution < 1.29 is 4.74 Å². The van der Waals surface area contributed by atoms with Gasteiger partial charge in [-0.05, 0) is 44.8 Å². The van der Waals surface area contributed by atoms with Crippen LogP contribution < -0.4 is 5.32 Å². The highest BCUT2D eigenvalue weighted by atomic mass is 16.5. The number of hydrogen-bond acceptors (Lipinski definition) is 4. The fraction of sp³-hybridized carbons (Fsp3) is 1.00. The Morgan fingerprint density at radius 1 is 1.00 bits per heavy atom. The lowest BCUT2D eigenvalue weighted by Gasteiger charge is -2.32. The molecule has 1 unspecified atom stereocenters. The first-order valence-electron chi connectivity index (χ1n) is 7.67. The van der Waals surface area contributed by atoms with Crippen molar-refractivity contribution in [2.75, 3.05) is 59.0 Å². The summed E-state index contributed by atoms with van der Waals surface area (Å²) in [6.45, 7) is 10.6. The molecule has 0 bridgehead atoms. The molecule has 0 amide bonds. The third kappa shape index (κ3) is 3.23. The molecule has 0 aromatic carbocycles. The highest BCUT2D eigenvalue weighted by Crippen LogP contribution is 2.20. The highest BCUT2D eigenvalue weighted by molar-refractivity contribution is 4.86. The average molecular weight is 253 g/mol. The van der Waals surface area contributed by atoms with Crippen LogP contribution in [0, 0.1) is 5.92 Å². The Labute approximate surface area is 111 Å². The van der Waals surface area contributed by atoms with Crippen LogP contribution in [0.25, 0.3) is 0 Å². The molecule has 3 aliphatic rings. The number of piperidine rings is 1. The highest BCUT2D eigenvalue weighted by Gasteiger charge is 2.29. The van der Waals surface area contributed by atoms with Gasteiger partial charge in [0.1, 0.15) is 0 Å². The van der Waals surface area contributed by atoms with Gasteiger partial charge in [0.15, 0.2) is 0 Å². The van der Waals surface area contributed by atoms with Crippen LogP contribution in [-0.2, 0) is 4.74 Å². The molecule has 4 nitrogen and oxygen atoms in total. The summed E-state index contributed by atoms with van der Waals surface area (Å²) in [5.41, 5.74) is 0. The zero-order chi connectivity index (χ0) is 12.2. The van der Waals surface area contributed by atoms with Crippen molar-refractivity contribution in [3.8, 4) is 0 Å². The molecular weight excluding hydrogens is 226 g/mol. The number of ether oxygens (including phenoxy) is 1. The largest absolute Gasteiger partial charge is 0.379 e. The Kier molecular flexibility index (Phi) is 4.52. The molecule has 0 radical (unpaired) electrons. The van der Waals surface area contributed by atoms with E-state index >= 15 is 0 Å². The van der Waals surface area contributed by atoms with Gasteiger partial charge in [0.25, 0.3) is 0 Å². The van der Waals surface area contributed by atoms with E-state index in [4.69, 9.17) is 4.74 Å². The minimum absolute atomic E-state index is 0.801. The molecule has 0 aromatic rings. The van der Waals surface area contributed by atoms with Crippen molar-refractivity contribution in [2.45, 2.75) is 25.3 Å². The van der Waals surface area contributed by atoms with Crippen molar-refractivity contribution in [3.05, 3.63) is 0 Å². The monoisotopic (exact) mass is 253 g/mol. The molecule has 1 N–H and O–H groups in total. The molecule has 0 saturated carbocycles. The van der Waals surface area contributed by atoms with E-state index in [0.717, 1.165) is 38.3 Å². The Hall–Kier alpha value is -0.160. The summed E-state index contributed by atoms with van der Waals surface area (Å²) in [5, 5.41) is 3.46. The Morgan fingerprint density at radius 2 is 1.78 bits per heavy atom. The summed E-state index contributed by atoms with van der Waals surface area (Å²) in [4.78, 5) is 5.35. The summed E-state index contributed by atoms with van der Waals surface area (Å²) in [6, 6.07) is 0.801. The average Bonchev–Trinajstić information content (AvgIpc) is 2.89. The van der Waals surface area contributed by atoms with Gasteiger partial charge in [-0.1, -0.05) is 0 Å². The fourth-order valence-electron chi connectivity index (χ4n) is 3.65. The maximum atomic E-state index is 5.45. The minimum Gasteiger partial charge on any atom is -0.379 e. The van der Waals surface area contributed by atoms with Crippen molar-refractivity contribution in [1.29, 1.82) is 0 Å². The Balaban J connectivity index is 1.42. The molecule has 18 heavy (non-hydrogen) atoms. The van der Waals surface area contributed by atoms with Gasteiger partial charge in [0.05, 0.1) is 13.2 Å². The number of hydrogen-bond donors (Lipinski definition) is 1. The molecule has 3 heterocycles. The van der Waals surface area contributed by atoms with Crippen molar-refractivity contribution in [1.82, 2.24) is 15.1 Å². The van der Waals surface area contributed by atoms with Crippen molar-refractivity contribution in [3.63, 3.8) is 0 Å². The predicted molar refractivity (Wildman–Crippen MR) is 72.8 cm³/mol. The SMILES string of the molecule is C1CC(CN2CCC(N3CCOCC3)C2)CCN1.